The fourth-order valence-corrected chi connectivity index (χ4v) is 2.02. The van der Waals surface area contributed by atoms with E-state index in [1.165, 1.54) is 24.3 Å². The molecule has 0 aliphatic carbocycles. The summed E-state index contributed by atoms with van der Waals surface area (Å²) in [5.74, 6) is -0.0610. The SMILES string of the molecule is CC(C)N(CCCO)C(=O)C(C)(C)Oc1ccc(F)cc1. The van der Waals surface area contributed by atoms with Crippen molar-refractivity contribution in [2.24, 2.45) is 0 Å². The van der Waals surface area contributed by atoms with Gasteiger partial charge in [-0.05, 0) is 58.4 Å². The summed E-state index contributed by atoms with van der Waals surface area (Å²) in [6, 6.07) is 5.60. The molecule has 0 saturated carbocycles. The van der Waals surface area contributed by atoms with Crippen LogP contribution < -0.4 is 4.74 Å². The second kappa shape index (κ2) is 7.41. The number of carbonyl (C=O) groups is 1. The predicted molar refractivity (Wildman–Crippen MR) is 79.7 cm³/mol. The number of hydrogen-bond acceptors (Lipinski definition) is 3. The van der Waals surface area contributed by atoms with E-state index in [1.54, 1.807) is 18.7 Å². The van der Waals surface area contributed by atoms with Crippen molar-refractivity contribution in [1.82, 2.24) is 4.90 Å². The molecule has 0 unspecified atom stereocenters. The quantitative estimate of drug-likeness (QED) is 0.841. The van der Waals surface area contributed by atoms with Gasteiger partial charge in [-0.3, -0.25) is 4.79 Å². The molecule has 5 heteroatoms. The van der Waals surface area contributed by atoms with Gasteiger partial charge in [0.15, 0.2) is 5.60 Å². The number of rotatable bonds is 7. The Bertz CT molecular complexity index is 457. The zero-order chi connectivity index (χ0) is 16.0. The highest BCUT2D eigenvalue weighted by Crippen LogP contribution is 2.21. The lowest BCUT2D eigenvalue weighted by molar-refractivity contribution is -0.147. The van der Waals surface area contributed by atoms with E-state index in [-0.39, 0.29) is 24.4 Å². The largest absolute Gasteiger partial charge is 0.478 e. The summed E-state index contributed by atoms with van der Waals surface area (Å²) in [6.45, 7) is 7.73. The van der Waals surface area contributed by atoms with Crippen molar-refractivity contribution < 1.29 is 19.0 Å². The minimum atomic E-state index is -1.06. The molecule has 1 amide bonds. The van der Waals surface area contributed by atoms with Gasteiger partial charge >= 0.3 is 0 Å². The molecule has 0 aliphatic heterocycles. The molecule has 0 aromatic heterocycles. The summed E-state index contributed by atoms with van der Waals surface area (Å²) in [7, 11) is 0. The van der Waals surface area contributed by atoms with E-state index in [9.17, 15) is 9.18 Å². The van der Waals surface area contributed by atoms with Gasteiger partial charge in [0.05, 0.1) is 0 Å². The first-order chi connectivity index (χ1) is 9.77. The van der Waals surface area contributed by atoms with Crippen LogP contribution in [0, 0.1) is 5.82 Å². The van der Waals surface area contributed by atoms with Gasteiger partial charge in [0.2, 0.25) is 0 Å². The second-order valence-electron chi connectivity index (χ2n) is 5.74. The first-order valence-electron chi connectivity index (χ1n) is 7.14. The maximum atomic E-state index is 12.9. The molecule has 4 nitrogen and oxygen atoms in total. The Morgan fingerprint density at radius 2 is 1.90 bits per heavy atom. The third-order valence-corrected chi connectivity index (χ3v) is 3.14. The molecule has 1 N–H and O–H groups in total. The van der Waals surface area contributed by atoms with E-state index < -0.39 is 5.60 Å². The third-order valence-electron chi connectivity index (χ3n) is 3.14. The van der Waals surface area contributed by atoms with Gasteiger partial charge in [-0.2, -0.15) is 0 Å². The number of carbonyl (C=O) groups excluding carboxylic acids is 1. The van der Waals surface area contributed by atoms with Crippen molar-refractivity contribution in [3.8, 4) is 5.75 Å². The molecule has 118 valence electrons. The van der Waals surface area contributed by atoms with E-state index in [0.717, 1.165) is 0 Å². The van der Waals surface area contributed by atoms with Crippen LogP contribution in [0.15, 0.2) is 24.3 Å². The average Bonchev–Trinajstić information content (AvgIpc) is 2.41. The molecule has 1 aromatic rings. The summed E-state index contributed by atoms with van der Waals surface area (Å²) in [6.07, 6.45) is 0.524. The topological polar surface area (TPSA) is 49.8 Å². The molecule has 1 aromatic carbocycles. The molecule has 0 saturated heterocycles. The molecule has 0 fully saturated rings. The average molecular weight is 297 g/mol. The second-order valence-corrected chi connectivity index (χ2v) is 5.74. The zero-order valence-electron chi connectivity index (χ0n) is 13.1. The first kappa shape index (κ1) is 17.4. The normalized spacial score (nSPS) is 11.6. The van der Waals surface area contributed by atoms with Crippen molar-refractivity contribution in [3.63, 3.8) is 0 Å². The summed E-state index contributed by atoms with van der Waals surface area (Å²) in [5, 5.41) is 8.94. The van der Waals surface area contributed by atoms with Gasteiger partial charge in [-0.1, -0.05) is 0 Å². The number of aliphatic hydroxyl groups is 1. The lowest BCUT2D eigenvalue weighted by atomic mass is 10.1. The number of halogens is 1. The summed E-state index contributed by atoms with van der Waals surface area (Å²) in [4.78, 5) is 14.3. The standard InChI is InChI=1S/C16H24FNO3/c1-12(2)18(10-5-11-19)15(20)16(3,4)21-14-8-6-13(17)7-9-14/h6-9,12,19H,5,10-11H2,1-4H3. The number of amides is 1. The van der Waals surface area contributed by atoms with Crippen LogP contribution in [-0.4, -0.2) is 40.7 Å². The molecule has 21 heavy (non-hydrogen) atoms. The maximum Gasteiger partial charge on any atom is 0.266 e. The highest BCUT2D eigenvalue weighted by molar-refractivity contribution is 5.85. The fraction of sp³-hybridized carbons (Fsp3) is 0.562. The van der Waals surface area contributed by atoms with E-state index in [2.05, 4.69) is 0 Å². The van der Waals surface area contributed by atoms with Gasteiger partial charge in [-0.15, -0.1) is 0 Å². The molecule has 0 atom stereocenters. The molecule has 0 bridgehead atoms. The van der Waals surface area contributed by atoms with Crippen molar-refractivity contribution in [3.05, 3.63) is 30.1 Å². The van der Waals surface area contributed by atoms with Crippen LogP contribution >= 0.6 is 0 Å². The van der Waals surface area contributed by atoms with E-state index in [1.807, 2.05) is 13.8 Å². The zero-order valence-corrected chi connectivity index (χ0v) is 13.1. The van der Waals surface area contributed by atoms with Crippen molar-refractivity contribution in [1.29, 1.82) is 0 Å². The monoisotopic (exact) mass is 297 g/mol. The van der Waals surface area contributed by atoms with Gasteiger partial charge in [-0.25, -0.2) is 4.39 Å². The number of ether oxygens (including phenoxy) is 1. The highest BCUT2D eigenvalue weighted by Gasteiger charge is 2.35. The van der Waals surface area contributed by atoms with Crippen LogP contribution in [-0.2, 0) is 4.79 Å². The van der Waals surface area contributed by atoms with Gasteiger partial charge in [0.1, 0.15) is 11.6 Å². The molecule has 0 radical (unpaired) electrons. The molecule has 0 heterocycles. The van der Waals surface area contributed by atoms with Crippen molar-refractivity contribution >= 4 is 5.91 Å². The summed E-state index contributed by atoms with van der Waals surface area (Å²) < 4.78 is 18.6. The lowest BCUT2D eigenvalue weighted by Gasteiger charge is -2.34. The fourth-order valence-electron chi connectivity index (χ4n) is 2.02. The number of aliphatic hydroxyl groups excluding tert-OH is 1. The Balaban J connectivity index is 2.82. The van der Waals surface area contributed by atoms with Crippen LogP contribution in [0.1, 0.15) is 34.1 Å². The Kier molecular flexibility index (Phi) is 6.15. The highest BCUT2D eigenvalue weighted by atomic mass is 19.1. The van der Waals surface area contributed by atoms with Crippen molar-refractivity contribution in [2.75, 3.05) is 13.2 Å². The van der Waals surface area contributed by atoms with E-state index >= 15 is 0 Å². The molecular formula is C16H24FNO3. The Hall–Kier alpha value is -1.62. The maximum absolute atomic E-state index is 12.9. The van der Waals surface area contributed by atoms with E-state index in [0.29, 0.717) is 18.7 Å². The number of nitrogens with zero attached hydrogens (tertiary/aromatic N) is 1. The molecule has 1 rings (SSSR count). The minimum absolute atomic E-state index is 0.0140. The number of benzene rings is 1. The van der Waals surface area contributed by atoms with Crippen LogP contribution in [0.4, 0.5) is 4.39 Å². The minimum Gasteiger partial charge on any atom is -0.478 e. The van der Waals surface area contributed by atoms with Crippen LogP contribution in [0.2, 0.25) is 0 Å². The summed E-state index contributed by atoms with van der Waals surface area (Å²) in [5.41, 5.74) is -1.06. The molecular weight excluding hydrogens is 273 g/mol. The number of hydrogen-bond donors (Lipinski definition) is 1. The van der Waals surface area contributed by atoms with Gasteiger partial charge in [0.25, 0.3) is 5.91 Å². The van der Waals surface area contributed by atoms with E-state index in [4.69, 9.17) is 9.84 Å². The van der Waals surface area contributed by atoms with Crippen LogP contribution in [0.25, 0.3) is 0 Å². The molecule has 0 aliphatic rings. The Labute approximate surface area is 125 Å². The van der Waals surface area contributed by atoms with Gasteiger partial charge < -0.3 is 14.7 Å². The smallest absolute Gasteiger partial charge is 0.266 e. The Morgan fingerprint density at radius 1 is 1.33 bits per heavy atom. The summed E-state index contributed by atoms with van der Waals surface area (Å²) >= 11 is 0. The first-order valence-corrected chi connectivity index (χ1v) is 7.14. The molecule has 0 spiro atoms. The van der Waals surface area contributed by atoms with Crippen LogP contribution in [0.5, 0.6) is 5.75 Å². The third kappa shape index (κ3) is 5.01. The van der Waals surface area contributed by atoms with Crippen LogP contribution in [0.3, 0.4) is 0 Å². The Morgan fingerprint density at radius 3 is 2.38 bits per heavy atom. The predicted octanol–water partition coefficient (Wildman–Crippen LogP) is 2.60. The van der Waals surface area contributed by atoms with Crippen molar-refractivity contribution in [2.45, 2.75) is 45.8 Å². The van der Waals surface area contributed by atoms with Gasteiger partial charge in [0, 0.05) is 19.2 Å². The lowest BCUT2D eigenvalue weighted by Crippen LogP contribution is -2.51.